The summed E-state index contributed by atoms with van der Waals surface area (Å²) in [5.41, 5.74) is 1.81. The van der Waals surface area contributed by atoms with Gasteiger partial charge in [-0.15, -0.1) is 0 Å². The molecule has 0 aliphatic carbocycles. The van der Waals surface area contributed by atoms with Crippen LogP contribution in [0.1, 0.15) is 18.4 Å². The highest BCUT2D eigenvalue weighted by Crippen LogP contribution is 2.24. The molecule has 2 N–H and O–H groups in total. The fraction of sp³-hybridized carbons (Fsp3) is 0.263. The maximum atomic E-state index is 12.4. The van der Waals surface area contributed by atoms with Crippen molar-refractivity contribution in [3.05, 3.63) is 58.1 Å². The van der Waals surface area contributed by atoms with Crippen molar-refractivity contribution in [1.82, 2.24) is 4.90 Å². The first-order chi connectivity index (χ1) is 12.5. The van der Waals surface area contributed by atoms with Crippen molar-refractivity contribution < 1.29 is 9.59 Å². The molecule has 0 aromatic heterocycles. The first-order valence-corrected chi connectivity index (χ1v) is 9.17. The quantitative estimate of drug-likeness (QED) is 0.785. The Morgan fingerprint density at radius 1 is 0.962 bits per heavy atom. The molecule has 0 saturated carbocycles. The lowest BCUT2D eigenvalue weighted by molar-refractivity contribution is -0.115. The van der Waals surface area contributed by atoms with Crippen LogP contribution in [0.5, 0.6) is 0 Å². The number of amides is 3. The number of hydrogen-bond acceptors (Lipinski definition) is 2. The third-order valence-electron chi connectivity index (χ3n) is 4.20. The Kier molecular flexibility index (Phi) is 6.01. The van der Waals surface area contributed by atoms with Gasteiger partial charge < -0.3 is 15.5 Å². The van der Waals surface area contributed by atoms with Crippen molar-refractivity contribution in [2.75, 3.05) is 23.7 Å². The van der Waals surface area contributed by atoms with Gasteiger partial charge in [-0.05, 0) is 42.7 Å². The number of carbonyl (C=O) groups is 2. The molecule has 0 spiro atoms. The third kappa shape index (κ3) is 4.68. The first-order valence-electron chi connectivity index (χ1n) is 8.41. The Morgan fingerprint density at radius 2 is 1.62 bits per heavy atom. The Hall–Kier alpha value is -2.24. The van der Waals surface area contributed by atoms with Gasteiger partial charge in [0.25, 0.3) is 0 Å². The summed E-state index contributed by atoms with van der Waals surface area (Å²) in [6, 6.07) is 12.0. The summed E-state index contributed by atoms with van der Waals surface area (Å²) in [7, 11) is 0. The zero-order valence-electron chi connectivity index (χ0n) is 14.1. The lowest BCUT2D eigenvalue weighted by atomic mass is 10.1. The van der Waals surface area contributed by atoms with Gasteiger partial charge in [0.15, 0.2) is 0 Å². The van der Waals surface area contributed by atoms with Crippen LogP contribution in [0, 0.1) is 0 Å². The summed E-state index contributed by atoms with van der Waals surface area (Å²) < 4.78 is 0. The van der Waals surface area contributed by atoms with Gasteiger partial charge in [0.1, 0.15) is 0 Å². The zero-order chi connectivity index (χ0) is 18.5. The van der Waals surface area contributed by atoms with Gasteiger partial charge in [-0.1, -0.05) is 41.4 Å². The van der Waals surface area contributed by atoms with E-state index in [1.165, 1.54) is 0 Å². The van der Waals surface area contributed by atoms with Crippen LogP contribution in [0.15, 0.2) is 42.5 Å². The monoisotopic (exact) mass is 391 g/mol. The minimum Gasteiger partial charge on any atom is -0.325 e. The standard InChI is InChI=1S/C19H19Cl2N3O2/c20-14-8-7-13(15(21)12-14)11-18(25)22-16-5-1-2-6-17(16)23-19(26)24-9-3-4-10-24/h1-2,5-8,12H,3-4,9-11H2,(H,22,25)(H,23,26). The summed E-state index contributed by atoms with van der Waals surface area (Å²) in [6.07, 6.45) is 2.16. The molecule has 26 heavy (non-hydrogen) atoms. The van der Waals surface area contributed by atoms with Gasteiger partial charge in [-0.2, -0.15) is 0 Å². The zero-order valence-corrected chi connectivity index (χ0v) is 15.6. The van der Waals surface area contributed by atoms with Crippen LogP contribution in [0.3, 0.4) is 0 Å². The van der Waals surface area contributed by atoms with Crippen LogP contribution in [0.2, 0.25) is 10.0 Å². The number of nitrogens with zero attached hydrogens (tertiary/aromatic N) is 1. The number of carbonyl (C=O) groups excluding carboxylic acids is 2. The van der Waals surface area contributed by atoms with E-state index in [1.54, 1.807) is 41.3 Å². The average Bonchev–Trinajstić information content (AvgIpc) is 3.14. The summed E-state index contributed by atoms with van der Waals surface area (Å²) in [5.74, 6) is -0.225. The van der Waals surface area contributed by atoms with Crippen molar-refractivity contribution in [3.63, 3.8) is 0 Å². The Morgan fingerprint density at radius 3 is 2.27 bits per heavy atom. The molecule has 1 aliphatic rings. The molecule has 0 bridgehead atoms. The van der Waals surface area contributed by atoms with E-state index in [1.807, 2.05) is 6.07 Å². The van der Waals surface area contributed by atoms with Gasteiger partial charge >= 0.3 is 6.03 Å². The van der Waals surface area contributed by atoms with E-state index < -0.39 is 0 Å². The Balaban J connectivity index is 1.67. The summed E-state index contributed by atoms with van der Waals surface area (Å²) in [6.45, 7) is 1.52. The topological polar surface area (TPSA) is 61.4 Å². The second-order valence-corrected chi connectivity index (χ2v) is 6.97. The van der Waals surface area contributed by atoms with Crippen LogP contribution >= 0.6 is 23.2 Å². The second kappa shape index (κ2) is 8.43. The fourth-order valence-corrected chi connectivity index (χ4v) is 3.32. The normalized spacial score (nSPS) is 13.5. The van der Waals surface area contributed by atoms with E-state index in [4.69, 9.17) is 23.2 Å². The van der Waals surface area contributed by atoms with E-state index in [9.17, 15) is 9.59 Å². The van der Waals surface area contributed by atoms with Crippen molar-refractivity contribution >= 4 is 46.5 Å². The number of likely N-dealkylation sites (tertiary alicyclic amines) is 1. The molecule has 1 fully saturated rings. The molecule has 2 aromatic carbocycles. The molecular weight excluding hydrogens is 373 g/mol. The molecule has 0 unspecified atom stereocenters. The minimum atomic E-state index is -0.225. The number of benzene rings is 2. The largest absolute Gasteiger partial charge is 0.325 e. The molecule has 7 heteroatoms. The van der Waals surface area contributed by atoms with Crippen LogP contribution in [0.25, 0.3) is 0 Å². The SMILES string of the molecule is O=C(Cc1ccc(Cl)cc1Cl)Nc1ccccc1NC(=O)N1CCCC1. The van der Waals surface area contributed by atoms with E-state index in [0.29, 0.717) is 27.0 Å². The maximum Gasteiger partial charge on any atom is 0.321 e. The molecule has 0 atom stereocenters. The summed E-state index contributed by atoms with van der Waals surface area (Å²) >= 11 is 12.0. The number of rotatable bonds is 4. The molecule has 1 saturated heterocycles. The highest BCUT2D eigenvalue weighted by atomic mass is 35.5. The van der Waals surface area contributed by atoms with Crippen molar-refractivity contribution in [2.24, 2.45) is 0 Å². The summed E-state index contributed by atoms with van der Waals surface area (Å²) in [4.78, 5) is 26.4. The van der Waals surface area contributed by atoms with E-state index in [0.717, 1.165) is 25.9 Å². The number of anilines is 2. The van der Waals surface area contributed by atoms with E-state index in [2.05, 4.69) is 10.6 Å². The van der Waals surface area contributed by atoms with Crippen LogP contribution < -0.4 is 10.6 Å². The van der Waals surface area contributed by atoms with Gasteiger partial charge in [0, 0.05) is 23.1 Å². The number of hydrogen-bond donors (Lipinski definition) is 2. The molecular formula is C19H19Cl2N3O2. The maximum absolute atomic E-state index is 12.4. The van der Waals surface area contributed by atoms with E-state index >= 15 is 0 Å². The van der Waals surface area contributed by atoms with Crippen molar-refractivity contribution in [1.29, 1.82) is 0 Å². The van der Waals surface area contributed by atoms with Gasteiger partial charge in [0.2, 0.25) is 5.91 Å². The van der Waals surface area contributed by atoms with E-state index in [-0.39, 0.29) is 18.4 Å². The number of nitrogens with one attached hydrogen (secondary N) is 2. The molecule has 2 aromatic rings. The molecule has 136 valence electrons. The summed E-state index contributed by atoms with van der Waals surface area (Å²) in [5, 5.41) is 6.67. The Labute approximate surface area is 162 Å². The van der Waals surface area contributed by atoms with Crippen molar-refractivity contribution in [2.45, 2.75) is 19.3 Å². The Bertz CT molecular complexity index is 820. The van der Waals surface area contributed by atoms with Gasteiger partial charge in [-0.25, -0.2) is 4.79 Å². The molecule has 0 radical (unpaired) electrons. The second-order valence-electron chi connectivity index (χ2n) is 6.13. The molecule has 3 amide bonds. The van der Waals surface area contributed by atoms with Gasteiger partial charge in [-0.3, -0.25) is 4.79 Å². The minimum absolute atomic E-state index is 0.115. The highest BCUT2D eigenvalue weighted by Gasteiger charge is 2.19. The average molecular weight is 392 g/mol. The molecule has 5 nitrogen and oxygen atoms in total. The number of para-hydroxylation sites is 2. The molecule has 3 rings (SSSR count). The smallest absolute Gasteiger partial charge is 0.321 e. The predicted octanol–water partition coefficient (Wildman–Crippen LogP) is 4.80. The third-order valence-corrected chi connectivity index (χ3v) is 4.79. The first kappa shape index (κ1) is 18.5. The lowest BCUT2D eigenvalue weighted by Gasteiger charge is -2.18. The number of halogens is 2. The van der Waals surface area contributed by atoms with Crippen molar-refractivity contribution in [3.8, 4) is 0 Å². The highest BCUT2D eigenvalue weighted by molar-refractivity contribution is 6.35. The van der Waals surface area contributed by atoms with Crippen LogP contribution in [0.4, 0.5) is 16.2 Å². The molecule has 1 heterocycles. The number of urea groups is 1. The molecule has 1 aliphatic heterocycles. The van der Waals surface area contributed by atoms with Crippen LogP contribution in [-0.2, 0) is 11.2 Å². The van der Waals surface area contributed by atoms with Gasteiger partial charge in [0.05, 0.1) is 17.8 Å². The fourth-order valence-electron chi connectivity index (χ4n) is 2.85. The van der Waals surface area contributed by atoms with Crippen LogP contribution in [-0.4, -0.2) is 29.9 Å². The lowest BCUT2D eigenvalue weighted by Crippen LogP contribution is -2.32. The predicted molar refractivity (Wildman–Crippen MR) is 105 cm³/mol.